The molecule has 2 nitrogen and oxygen atoms in total. The monoisotopic (exact) mass is 204 g/mol. The van der Waals surface area contributed by atoms with Gasteiger partial charge in [0.25, 0.3) is 0 Å². The normalized spacial score (nSPS) is 17.5. The average Bonchev–Trinajstić information content (AvgIpc) is 2.97. The molecule has 82 valence electrons. The third-order valence-electron chi connectivity index (χ3n) is 3.43. The molecule has 2 heteroatoms. The zero-order valence-corrected chi connectivity index (χ0v) is 9.64. The van der Waals surface area contributed by atoms with Gasteiger partial charge in [-0.3, -0.25) is 0 Å². The molecule has 0 radical (unpaired) electrons. The Balaban J connectivity index is 1.99. The van der Waals surface area contributed by atoms with Crippen LogP contribution in [0.2, 0.25) is 0 Å². The van der Waals surface area contributed by atoms with Crippen LogP contribution in [0.25, 0.3) is 0 Å². The summed E-state index contributed by atoms with van der Waals surface area (Å²) >= 11 is 0. The summed E-state index contributed by atoms with van der Waals surface area (Å²) < 4.78 is 0. The lowest BCUT2D eigenvalue weighted by atomic mass is 10.1. The predicted octanol–water partition coefficient (Wildman–Crippen LogP) is 2.45. The summed E-state index contributed by atoms with van der Waals surface area (Å²) in [7, 11) is 0. The molecular weight excluding hydrogens is 184 g/mol. The molecule has 1 aliphatic rings. The lowest BCUT2D eigenvalue weighted by Crippen LogP contribution is -2.24. The van der Waals surface area contributed by atoms with E-state index in [-0.39, 0.29) is 0 Å². The van der Waals surface area contributed by atoms with Gasteiger partial charge in [-0.05, 0) is 50.3 Å². The van der Waals surface area contributed by atoms with Crippen molar-refractivity contribution in [1.82, 2.24) is 0 Å². The van der Waals surface area contributed by atoms with Gasteiger partial charge >= 0.3 is 0 Å². The predicted molar refractivity (Wildman–Crippen MR) is 65.1 cm³/mol. The van der Waals surface area contributed by atoms with E-state index in [1.54, 1.807) is 0 Å². The first-order valence-corrected chi connectivity index (χ1v) is 5.66. The maximum absolute atomic E-state index is 5.76. The highest BCUT2D eigenvalue weighted by Crippen LogP contribution is 2.44. The molecule has 1 aromatic rings. The maximum Gasteiger partial charge on any atom is 0.0370 e. The van der Waals surface area contributed by atoms with Gasteiger partial charge in [-0.2, -0.15) is 0 Å². The van der Waals surface area contributed by atoms with Gasteiger partial charge in [0.2, 0.25) is 0 Å². The number of hydrogen-bond donors (Lipinski definition) is 2. The molecule has 0 spiro atoms. The van der Waals surface area contributed by atoms with Crippen LogP contribution in [0.3, 0.4) is 0 Å². The van der Waals surface area contributed by atoms with Crippen LogP contribution < -0.4 is 11.1 Å². The van der Waals surface area contributed by atoms with E-state index >= 15 is 0 Å². The van der Waals surface area contributed by atoms with Crippen molar-refractivity contribution in [3.63, 3.8) is 0 Å². The molecule has 1 aliphatic carbocycles. The van der Waals surface area contributed by atoms with Crippen LogP contribution >= 0.6 is 0 Å². The van der Waals surface area contributed by atoms with Crippen LogP contribution in [0, 0.1) is 19.3 Å². The largest absolute Gasteiger partial charge is 0.384 e. The standard InChI is InChI=1S/C13H20N2/c1-10-3-4-12(11(2)7-10)15-9-13(8-14)5-6-13/h3-4,7,15H,5-6,8-9,14H2,1-2H3. The number of rotatable bonds is 4. The average molecular weight is 204 g/mol. The quantitative estimate of drug-likeness (QED) is 0.790. The van der Waals surface area contributed by atoms with Gasteiger partial charge in [0.1, 0.15) is 0 Å². The van der Waals surface area contributed by atoms with Gasteiger partial charge in [0.15, 0.2) is 0 Å². The molecule has 1 saturated carbocycles. The number of nitrogens with one attached hydrogen (secondary N) is 1. The van der Waals surface area contributed by atoms with Gasteiger partial charge in [-0.25, -0.2) is 0 Å². The minimum atomic E-state index is 0.400. The molecule has 1 fully saturated rings. The first kappa shape index (κ1) is 10.5. The molecule has 0 bridgehead atoms. The Bertz CT molecular complexity index is 354. The fourth-order valence-electron chi connectivity index (χ4n) is 1.92. The Morgan fingerprint density at radius 3 is 2.60 bits per heavy atom. The number of benzene rings is 1. The highest BCUT2D eigenvalue weighted by Gasteiger charge is 2.40. The van der Waals surface area contributed by atoms with Crippen molar-refractivity contribution in [3.8, 4) is 0 Å². The molecule has 0 aromatic heterocycles. The SMILES string of the molecule is Cc1ccc(NCC2(CN)CC2)c(C)c1. The Morgan fingerprint density at radius 1 is 1.33 bits per heavy atom. The Hall–Kier alpha value is -1.02. The fraction of sp³-hybridized carbons (Fsp3) is 0.538. The summed E-state index contributed by atoms with van der Waals surface area (Å²) in [6.45, 7) is 6.11. The summed E-state index contributed by atoms with van der Waals surface area (Å²) in [5, 5.41) is 3.51. The van der Waals surface area contributed by atoms with E-state index in [9.17, 15) is 0 Å². The summed E-state index contributed by atoms with van der Waals surface area (Å²) in [5.74, 6) is 0. The van der Waals surface area contributed by atoms with Crippen LogP contribution in [0.15, 0.2) is 18.2 Å². The van der Waals surface area contributed by atoms with Crippen LogP contribution in [-0.2, 0) is 0 Å². The van der Waals surface area contributed by atoms with Crippen molar-refractivity contribution in [2.75, 3.05) is 18.4 Å². The lowest BCUT2D eigenvalue weighted by molar-refractivity contribution is 0.556. The van der Waals surface area contributed by atoms with Crippen LogP contribution in [0.1, 0.15) is 24.0 Å². The second-order valence-corrected chi connectivity index (χ2v) is 4.88. The highest BCUT2D eigenvalue weighted by molar-refractivity contribution is 5.52. The second-order valence-electron chi connectivity index (χ2n) is 4.88. The van der Waals surface area contributed by atoms with Crippen LogP contribution in [0.4, 0.5) is 5.69 Å². The lowest BCUT2D eigenvalue weighted by Gasteiger charge is -2.16. The Kier molecular flexibility index (Phi) is 2.70. The fourth-order valence-corrected chi connectivity index (χ4v) is 1.92. The summed E-state index contributed by atoms with van der Waals surface area (Å²) in [6.07, 6.45) is 2.56. The van der Waals surface area contributed by atoms with Crippen LogP contribution in [-0.4, -0.2) is 13.1 Å². The zero-order valence-electron chi connectivity index (χ0n) is 9.64. The van der Waals surface area contributed by atoms with Gasteiger partial charge in [0, 0.05) is 12.2 Å². The molecule has 0 aliphatic heterocycles. The smallest absolute Gasteiger partial charge is 0.0370 e. The van der Waals surface area contributed by atoms with Crippen molar-refractivity contribution >= 4 is 5.69 Å². The van der Waals surface area contributed by atoms with E-state index in [1.165, 1.54) is 29.7 Å². The summed E-state index contributed by atoms with van der Waals surface area (Å²) in [5.41, 5.74) is 10.0. The van der Waals surface area contributed by atoms with E-state index < -0.39 is 0 Å². The highest BCUT2D eigenvalue weighted by atomic mass is 14.9. The maximum atomic E-state index is 5.76. The molecule has 0 saturated heterocycles. The van der Waals surface area contributed by atoms with Gasteiger partial charge < -0.3 is 11.1 Å². The molecule has 2 rings (SSSR count). The van der Waals surface area contributed by atoms with Gasteiger partial charge in [-0.1, -0.05) is 17.7 Å². The van der Waals surface area contributed by atoms with Crippen molar-refractivity contribution in [1.29, 1.82) is 0 Å². The first-order valence-electron chi connectivity index (χ1n) is 5.66. The van der Waals surface area contributed by atoms with Gasteiger partial charge in [-0.15, -0.1) is 0 Å². The van der Waals surface area contributed by atoms with E-state index in [4.69, 9.17) is 5.73 Å². The van der Waals surface area contributed by atoms with Gasteiger partial charge in [0.05, 0.1) is 0 Å². The number of nitrogens with two attached hydrogens (primary N) is 1. The number of aryl methyl sites for hydroxylation is 2. The van der Waals surface area contributed by atoms with E-state index in [0.29, 0.717) is 5.41 Å². The topological polar surface area (TPSA) is 38.0 Å². The molecule has 3 N–H and O–H groups in total. The first-order chi connectivity index (χ1) is 7.15. The van der Waals surface area contributed by atoms with E-state index in [0.717, 1.165) is 13.1 Å². The molecule has 1 aromatic carbocycles. The van der Waals surface area contributed by atoms with Crippen molar-refractivity contribution < 1.29 is 0 Å². The minimum absolute atomic E-state index is 0.400. The number of anilines is 1. The molecular formula is C13H20N2. The molecule has 15 heavy (non-hydrogen) atoms. The molecule has 0 amide bonds. The van der Waals surface area contributed by atoms with E-state index in [1.807, 2.05) is 0 Å². The summed E-state index contributed by atoms with van der Waals surface area (Å²) in [4.78, 5) is 0. The third-order valence-corrected chi connectivity index (χ3v) is 3.43. The third kappa shape index (κ3) is 2.32. The van der Waals surface area contributed by atoms with Crippen LogP contribution in [0.5, 0.6) is 0 Å². The van der Waals surface area contributed by atoms with Crippen molar-refractivity contribution in [2.24, 2.45) is 11.1 Å². The van der Waals surface area contributed by atoms with Crippen molar-refractivity contribution in [3.05, 3.63) is 29.3 Å². The van der Waals surface area contributed by atoms with Crippen molar-refractivity contribution in [2.45, 2.75) is 26.7 Å². The molecule has 0 atom stereocenters. The Labute approximate surface area is 91.9 Å². The second kappa shape index (κ2) is 3.86. The minimum Gasteiger partial charge on any atom is -0.384 e. The summed E-state index contributed by atoms with van der Waals surface area (Å²) in [6, 6.07) is 6.53. The number of hydrogen-bond acceptors (Lipinski definition) is 2. The molecule has 0 unspecified atom stereocenters. The Morgan fingerprint density at radius 2 is 2.07 bits per heavy atom. The zero-order chi connectivity index (χ0) is 10.9. The van der Waals surface area contributed by atoms with E-state index in [2.05, 4.69) is 37.4 Å². The molecule has 0 heterocycles.